The quantitative estimate of drug-likeness (QED) is 0.790. The van der Waals surface area contributed by atoms with Crippen molar-refractivity contribution in [1.29, 1.82) is 0 Å². The Balaban J connectivity index is 2.93. The lowest BCUT2D eigenvalue weighted by molar-refractivity contribution is 0.605. The van der Waals surface area contributed by atoms with Gasteiger partial charge in [-0.25, -0.2) is 8.42 Å². The van der Waals surface area contributed by atoms with Crippen LogP contribution in [0.15, 0.2) is 24.3 Å². The predicted molar refractivity (Wildman–Crippen MR) is 54.4 cm³/mol. The Morgan fingerprint density at radius 3 is 2.54 bits per heavy atom. The maximum atomic E-state index is 11.1. The molecule has 0 radical (unpaired) electrons. The van der Waals surface area contributed by atoms with Crippen LogP contribution in [0.1, 0.15) is 5.56 Å². The smallest absolute Gasteiger partial charge is 0.246 e. The summed E-state index contributed by atoms with van der Waals surface area (Å²) in [5.74, 6) is 0. The summed E-state index contributed by atoms with van der Waals surface area (Å²) in [7, 11) is -3.38. The van der Waals surface area contributed by atoms with E-state index in [-0.39, 0.29) is 0 Å². The molecule has 0 bridgehead atoms. The number of hydrogen-bond donors (Lipinski definition) is 1. The third-order valence-corrected chi connectivity index (χ3v) is 3.23. The average molecular weight is 220 g/mol. The summed E-state index contributed by atoms with van der Waals surface area (Å²) in [6.45, 7) is 1.83. The van der Waals surface area contributed by atoms with Crippen LogP contribution in [-0.4, -0.2) is 13.6 Å². The van der Waals surface area contributed by atoms with Crippen molar-refractivity contribution in [3.63, 3.8) is 0 Å². The Kier molecular flexibility index (Phi) is 3.17. The van der Waals surface area contributed by atoms with Gasteiger partial charge in [0.15, 0.2) is 0 Å². The van der Waals surface area contributed by atoms with Gasteiger partial charge in [-0.3, -0.25) is 4.72 Å². The second kappa shape index (κ2) is 3.98. The summed E-state index contributed by atoms with van der Waals surface area (Å²) in [4.78, 5) is 0. The number of halogens is 1. The van der Waals surface area contributed by atoms with Crippen LogP contribution in [0.4, 0.5) is 5.69 Å². The molecule has 1 rings (SSSR count). The van der Waals surface area contributed by atoms with E-state index in [0.717, 1.165) is 5.56 Å². The van der Waals surface area contributed by atoms with E-state index in [1.54, 1.807) is 12.1 Å². The van der Waals surface area contributed by atoms with Crippen LogP contribution < -0.4 is 4.72 Å². The van der Waals surface area contributed by atoms with Gasteiger partial charge >= 0.3 is 0 Å². The van der Waals surface area contributed by atoms with Gasteiger partial charge in [-0.15, -0.1) is 11.6 Å². The van der Waals surface area contributed by atoms with Crippen LogP contribution in [0.25, 0.3) is 0 Å². The van der Waals surface area contributed by atoms with E-state index in [1.807, 2.05) is 19.1 Å². The molecule has 1 aromatic rings. The Bertz CT molecular complexity index is 389. The Labute approximate surface area is 82.8 Å². The number of sulfonamides is 1. The normalized spacial score (nSPS) is 11.2. The average Bonchev–Trinajstić information content (AvgIpc) is 2.09. The van der Waals surface area contributed by atoms with Crippen molar-refractivity contribution >= 4 is 27.3 Å². The number of aryl methyl sites for hydroxylation is 1. The predicted octanol–water partition coefficient (Wildman–Crippen LogP) is 1.93. The second-order valence-corrected chi connectivity index (χ2v) is 4.95. The molecule has 72 valence electrons. The second-order valence-electron chi connectivity index (χ2n) is 2.64. The standard InChI is InChI=1S/C8H10ClNO2S/c1-7-4-2-3-5-8(7)10-13(11,12)6-9/h2-5,10H,6H2,1H3. The molecule has 0 atom stereocenters. The summed E-state index contributed by atoms with van der Waals surface area (Å²) in [6, 6.07) is 7.12. The molecule has 0 spiro atoms. The molecule has 0 saturated heterocycles. The SMILES string of the molecule is Cc1ccccc1NS(=O)(=O)CCl. The van der Waals surface area contributed by atoms with Crippen molar-refractivity contribution < 1.29 is 8.42 Å². The van der Waals surface area contributed by atoms with E-state index < -0.39 is 15.2 Å². The molecule has 0 heterocycles. The molecule has 0 amide bonds. The molecule has 13 heavy (non-hydrogen) atoms. The highest BCUT2D eigenvalue weighted by atomic mass is 35.5. The van der Waals surface area contributed by atoms with Gasteiger partial charge in [0.2, 0.25) is 10.0 Å². The van der Waals surface area contributed by atoms with Crippen LogP contribution in [-0.2, 0) is 10.0 Å². The zero-order valence-corrected chi connectivity index (χ0v) is 8.69. The van der Waals surface area contributed by atoms with Gasteiger partial charge in [0, 0.05) is 0 Å². The highest BCUT2D eigenvalue weighted by Crippen LogP contribution is 2.15. The first kappa shape index (κ1) is 10.3. The first-order valence-corrected chi connectivity index (χ1v) is 5.86. The number of benzene rings is 1. The van der Waals surface area contributed by atoms with Crippen LogP contribution in [0, 0.1) is 6.92 Å². The van der Waals surface area contributed by atoms with E-state index >= 15 is 0 Å². The van der Waals surface area contributed by atoms with Crippen molar-refractivity contribution in [2.75, 3.05) is 9.93 Å². The lowest BCUT2D eigenvalue weighted by Crippen LogP contribution is -2.14. The minimum absolute atomic E-state index is 0.429. The van der Waals surface area contributed by atoms with Gasteiger partial charge in [-0.05, 0) is 18.6 Å². The van der Waals surface area contributed by atoms with Gasteiger partial charge in [-0.1, -0.05) is 18.2 Å². The zero-order chi connectivity index (χ0) is 9.90. The van der Waals surface area contributed by atoms with Gasteiger partial charge in [0.05, 0.1) is 5.69 Å². The highest BCUT2D eigenvalue weighted by Gasteiger charge is 2.08. The Hall–Kier alpha value is -0.740. The maximum absolute atomic E-state index is 11.1. The fourth-order valence-electron chi connectivity index (χ4n) is 0.882. The van der Waals surface area contributed by atoms with Gasteiger partial charge in [0.1, 0.15) is 5.21 Å². The zero-order valence-electron chi connectivity index (χ0n) is 7.12. The summed E-state index contributed by atoms with van der Waals surface area (Å²) in [6.07, 6.45) is 0. The van der Waals surface area contributed by atoms with Gasteiger partial charge in [0.25, 0.3) is 0 Å². The molecular formula is C8H10ClNO2S. The van der Waals surface area contributed by atoms with Crippen molar-refractivity contribution in [3.05, 3.63) is 29.8 Å². The third kappa shape index (κ3) is 2.90. The molecule has 0 aliphatic carbocycles. The van der Waals surface area contributed by atoms with Crippen molar-refractivity contribution in [2.45, 2.75) is 6.92 Å². The lowest BCUT2D eigenvalue weighted by Gasteiger charge is -2.07. The molecule has 1 N–H and O–H groups in total. The van der Waals surface area contributed by atoms with Gasteiger partial charge in [-0.2, -0.15) is 0 Å². The summed E-state index contributed by atoms with van der Waals surface area (Å²) in [5.41, 5.74) is 1.44. The number of anilines is 1. The van der Waals surface area contributed by atoms with Crippen molar-refractivity contribution in [2.24, 2.45) is 0 Å². The summed E-state index contributed by atoms with van der Waals surface area (Å²) >= 11 is 5.24. The number of rotatable bonds is 3. The fraction of sp³-hybridized carbons (Fsp3) is 0.250. The molecular weight excluding hydrogens is 210 g/mol. The molecule has 3 nitrogen and oxygen atoms in total. The topological polar surface area (TPSA) is 46.2 Å². The summed E-state index contributed by atoms with van der Waals surface area (Å²) in [5, 5.41) is -0.429. The molecule has 5 heteroatoms. The lowest BCUT2D eigenvalue weighted by atomic mass is 10.2. The van der Waals surface area contributed by atoms with Crippen LogP contribution in [0.5, 0.6) is 0 Å². The molecule has 0 aromatic heterocycles. The van der Waals surface area contributed by atoms with E-state index in [1.165, 1.54) is 0 Å². The van der Waals surface area contributed by atoms with E-state index in [4.69, 9.17) is 11.6 Å². The van der Waals surface area contributed by atoms with Crippen molar-refractivity contribution in [1.82, 2.24) is 0 Å². The Morgan fingerprint density at radius 1 is 1.38 bits per heavy atom. The highest BCUT2D eigenvalue weighted by molar-refractivity contribution is 7.93. The molecule has 1 aromatic carbocycles. The molecule has 0 aliphatic heterocycles. The van der Waals surface area contributed by atoms with Crippen LogP contribution >= 0.6 is 11.6 Å². The molecule has 0 fully saturated rings. The van der Waals surface area contributed by atoms with Crippen molar-refractivity contribution in [3.8, 4) is 0 Å². The van der Waals surface area contributed by atoms with Gasteiger partial charge < -0.3 is 0 Å². The van der Waals surface area contributed by atoms with Crippen LogP contribution in [0.2, 0.25) is 0 Å². The van der Waals surface area contributed by atoms with E-state index in [9.17, 15) is 8.42 Å². The van der Waals surface area contributed by atoms with E-state index in [2.05, 4.69) is 4.72 Å². The monoisotopic (exact) mass is 219 g/mol. The van der Waals surface area contributed by atoms with E-state index in [0.29, 0.717) is 5.69 Å². The summed E-state index contributed by atoms with van der Waals surface area (Å²) < 4.78 is 24.5. The molecule has 0 aliphatic rings. The number of nitrogens with one attached hydrogen (secondary N) is 1. The number of para-hydroxylation sites is 1. The largest absolute Gasteiger partial charge is 0.282 e. The first-order valence-electron chi connectivity index (χ1n) is 3.67. The maximum Gasteiger partial charge on any atom is 0.246 e. The number of alkyl halides is 1. The minimum atomic E-state index is -3.38. The molecule has 0 saturated carbocycles. The van der Waals surface area contributed by atoms with Crippen LogP contribution in [0.3, 0.4) is 0 Å². The first-order chi connectivity index (χ1) is 6.05. The number of hydrogen-bond acceptors (Lipinski definition) is 2. The third-order valence-electron chi connectivity index (χ3n) is 1.55. The molecule has 0 unspecified atom stereocenters. The Morgan fingerprint density at radius 2 is 2.00 bits per heavy atom. The minimum Gasteiger partial charge on any atom is -0.282 e. The fourth-order valence-corrected chi connectivity index (χ4v) is 1.66.